The molecule has 0 spiro atoms. The Morgan fingerprint density at radius 2 is 1.64 bits per heavy atom. The topological polar surface area (TPSA) is 72.9 Å². The van der Waals surface area contributed by atoms with Gasteiger partial charge in [0.1, 0.15) is 5.82 Å². The van der Waals surface area contributed by atoms with Crippen molar-refractivity contribution in [3.05, 3.63) is 111 Å². The second-order valence-corrected chi connectivity index (χ2v) is 10.2. The lowest BCUT2D eigenvalue weighted by atomic mass is 9.93. The summed E-state index contributed by atoms with van der Waals surface area (Å²) in [7, 11) is 0. The molecule has 3 aromatic carbocycles. The molecule has 1 aromatic heterocycles. The highest BCUT2D eigenvalue weighted by molar-refractivity contribution is 6.31. The molecule has 3 N–H and O–H groups in total. The monoisotopic (exact) mass is 502 g/mol. The van der Waals surface area contributed by atoms with Crippen LogP contribution in [0.5, 0.6) is 0 Å². The molecule has 4 rings (SSSR count). The van der Waals surface area contributed by atoms with Gasteiger partial charge in [-0.2, -0.15) is 0 Å². The smallest absolute Gasteiger partial charge is 0.261 e. The van der Waals surface area contributed by atoms with E-state index in [1.165, 1.54) is 5.56 Å². The lowest BCUT2D eigenvalue weighted by Crippen LogP contribution is -2.39. The van der Waals surface area contributed by atoms with Crippen molar-refractivity contribution in [1.29, 1.82) is 0 Å². The Labute approximate surface area is 218 Å². The zero-order chi connectivity index (χ0) is 25.5. The van der Waals surface area contributed by atoms with E-state index in [-0.39, 0.29) is 23.4 Å². The van der Waals surface area contributed by atoms with Crippen molar-refractivity contribution < 1.29 is 0 Å². The van der Waals surface area contributed by atoms with E-state index in [1.807, 2.05) is 41.0 Å². The molecular weight excluding hydrogens is 468 g/mol. The number of nitrogens with one attached hydrogen (secondary N) is 1. The van der Waals surface area contributed by atoms with Crippen LogP contribution >= 0.6 is 11.6 Å². The largest absolute Gasteiger partial charge is 0.330 e. The Bertz CT molecular complexity index is 1320. The maximum Gasteiger partial charge on any atom is 0.261 e. The summed E-state index contributed by atoms with van der Waals surface area (Å²) in [5.74, 6) is 1.08. The quantitative estimate of drug-likeness (QED) is 0.288. The van der Waals surface area contributed by atoms with Gasteiger partial charge in [0.05, 0.1) is 17.4 Å². The molecule has 0 aliphatic heterocycles. The summed E-state index contributed by atoms with van der Waals surface area (Å²) in [6.07, 6.45) is 1.78. The first kappa shape index (κ1) is 26.1. The average molecular weight is 503 g/mol. The molecule has 0 bridgehead atoms. The summed E-state index contributed by atoms with van der Waals surface area (Å²) >= 11 is 6.28. The zero-order valence-corrected chi connectivity index (χ0v) is 21.8. The zero-order valence-electron chi connectivity index (χ0n) is 21.0. The van der Waals surface area contributed by atoms with Gasteiger partial charge in [0.25, 0.3) is 5.56 Å². The highest BCUT2D eigenvalue weighted by Crippen LogP contribution is 2.25. The fraction of sp³-hybridized carbons (Fsp3) is 0.333. The minimum absolute atomic E-state index is 0.0286. The lowest BCUT2D eigenvalue weighted by molar-refractivity contribution is 0.386. The van der Waals surface area contributed by atoms with E-state index in [0.29, 0.717) is 35.6 Å². The van der Waals surface area contributed by atoms with Crippen LogP contribution in [-0.4, -0.2) is 28.7 Å². The first-order chi connectivity index (χ1) is 17.5. The Balaban J connectivity index is 1.70. The molecule has 0 fully saturated rings. The van der Waals surface area contributed by atoms with Crippen LogP contribution in [0.3, 0.4) is 0 Å². The van der Waals surface area contributed by atoms with E-state index >= 15 is 0 Å². The second-order valence-electron chi connectivity index (χ2n) is 9.73. The molecule has 36 heavy (non-hydrogen) atoms. The molecule has 5 nitrogen and oxygen atoms in total. The molecule has 4 aromatic rings. The number of hydrogen-bond donors (Lipinski definition) is 2. The lowest BCUT2D eigenvalue weighted by Gasteiger charge is -2.27. The molecule has 0 saturated carbocycles. The highest BCUT2D eigenvalue weighted by Gasteiger charge is 2.24. The third kappa shape index (κ3) is 6.41. The Morgan fingerprint density at radius 3 is 2.28 bits per heavy atom. The molecular formula is C30H35ClN4O. The maximum atomic E-state index is 13.7. The summed E-state index contributed by atoms with van der Waals surface area (Å²) in [4.78, 5) is 18.8. The highest BCUT2D eigenvalue weighted by atomic mass is 35.5. The summed E-state index contributed by atoms with van der Waals surface area (Å²) in [6.45, 7) is 6.15. The minimum Gasteiger partial charge on any atom is -0.330 e. The van der Waals surface area contributed by atoms with Crippen LogP contribution in [0.15, 0.2) is 83.7 Å². The van der Waals surface area contributed by atoms with Gasteiger partial charge in [-0.3, -0.25) is 9.36 Å². The predicted octanol–water partition coefficient (Wildman–Crippen LogP) is 5.39. The summed E-state index contributed by atoms with van der Waals surface area (Å²) in [5, 5.41) is 4.92. The van der Waals surface area contributed by atoms with Crippen molar-refractivity contribution in [2.45, 2.75) is 45.2 Å². The van der Waals surface area contributed by atoms with Gasteiger partial charge in [0.15, 0.2) is 0 Å². The Hall–Kier alpha value is -2.99. The third-order valence-electron chi connectivity index (χ3n) is 6.73. The van der Waals surface area contributed by atoms with Crippen LogP contribution in [0.1, 0.15) is 43.1 Å². The van der Waals surface area contributed by atoms with Crippen molar-refractivity contribution in [3.8, 4) is 0 Å². The standard InChI is InChI=1S/C30H35ClN4O/c1-21(2)27(19-33-25(15-16-32)17-22-9-5-3-6-10-22)29-34-28-18-24(31)13-14-26(28)30(36)35(29)20-23-11-7-4-8-12-23/h3-14,18,21,25,27,33H,15-17,19-20,32H2,1-2H3. The van der Waals surface area contributed by atoms with Crippen LogP contribution in [0, 0.1) is 5.92 Å². The molecule has 0 amide bonds. The first-order valence-corrected chi connectivity index (χ1v) is 13.1. The SMILES string of the molecule is CC(C)C(CNC(CCN)Cc1ccccc1)c1nc2cc(Cl)ccc2c(=O)n1Cc1ccccc1. The van der Waals surface area contributed by atoms with E-state index in [1.54, 1.807) is 18.2 Å². The number of rotatable bonds is 11. The number of benzene rings is 3. The van der Waals surface area contributed by atoms with Gasteiger partial charge < -0.3 is 11.1 Å². The van der Waals surface area contributed by atoms with Gasteiger partial charge in [-0.25, -0.2) is 4.98 Å². The van der Waals surface area contributed by atoms with Crippen molar-refractivity contribution in [2.75, 3.05) is 13.1 Å². The molecule has 2 unspecified atom stereocenters. The second kappa shape index (κ2) is 12.3. The van der Waals surface area contributed by atoms with Crippen molar-refractivity contribution >= 4 is 22.5 Å². The van der Waals surface area contributed by atoms with E-state index in [0.717, 1.165) is 24.2 Å². The third-order valence-corrected chi connectivity index (χ3v) is 6.97. The van der Waals surface area contributed by atoms with Gasteiger partial charge in [0.2, 0.25) is 0 Å². The molecule has 188 valence electrons. The Morgan fingerprint density at radius 1 is 0.972 bits per heavy atom. The fourth-order valence-corrected chi connectivity index (χ4v) is 4.87. The van der Waals surface area contributed by atoms with E-state index in [9.17, 15) is 4.79 Å². The van der Waals surface area contributed by atoms with Crippen LogP contribution in [0.2, 0.25) is 5.02 Å². The number of nitrogens with zero attached hydrogens (tertiary/aromatic N) is 2. The van der Waals surface area contributed by atoms with Crippen LogP contribution < -0.4 is 16.6 Å². The summed E-state index contributed by atoms with van der Waals surface area (Å²) < 4.78 is 1.84. The number of fused-ring (bicyclic) bond motifs is 1. The number of hydrogen-bond acceptors (Lipinski definition) is 4. The van der Waals surface area contributed by atoms with Crippen LogP contribution in [-0.2, 0) is 13.0 Å². The molecule has 1 heterocycles. The maximum absolute atomic E-state index is 13.7. The van der Waals surface area contributed by atoms with Crippen LogP contribution in [0.25, 0.3) is 10.9 Å². The summed E-state index contributed by atoms with van der Waals surface area (Å²) in [6, 6.07) is 26.1. The molecule has 6 heteroatoms. The van der Waals surface area contributed by atoms with Crippen molar-refractivity contribution in [2.24, 2.45) is 11.7 Å². The van der Waals surface area contributed by atoms with Crippen molar-refractivity contribution in [1.82, 2.24) is 14.9 Å². The van der Waals surface area contributed by atoms with Gasteiger partial charge in [-0.15, -0.1) is 0 Å². The minimum atomic E-state index is -0.0380. The summed E-state index contributed by atoms with van der Waals surface area (Å²) in [5.41, 5.74) is 8.91. The number of nitrogens with two attached hydrogens (primary N) is 1. The molecule has 0 radical (unpaired) electrons. The Kier molecular flexibility index (Phi) is 8.92. The van der Waals surface area contributed by atoms with E-state index < -0.39 is 0 Å². The predicted molar refractivity (Wildman–Crippen MR) is 150 cm³/mol. The van der Waals surface area contributed by atoms with E-state index in [4.69, 9.17) is 22.3 Å². The van der Waals surface area contributed by atoms with Gasteiger partial charge in [-0.1, -0.05) is 86.1 Å². The fourth-order valence-electron chi connectivity index (χ4n) is 4.71. The number of halogens is 1. The van der Waals surface area contributed by atoms with Crippen LogP contribution in [0.4, 0.5) is 0 Å². The average Bonchev–Trinajstić information content (AvgIpc) is 2.87. The van der Waals surface area contributed by atoms with E-state index in [2.05, 4.69) is 43.4 Å². The molecule has 0 saturated heterocycles. The van der Waals surface area contributed by atoms with Crippen molar-refractivity contribution in [3.63, 3.8) is 0 Å². The molecule has 0 aliphatic carbocycles. The first-order valence-electron chi connectivity index (χ1n) is 12.7. The van der Waals surface area contributed by atoms with Gasteiger partial charge in [0, 0.05) is 23.5 Å². The normalized spacial score (nSPS) is 13.2. The van der Waals surface area contributed by atoms with Gasteiger partial charge in [-0.05, 0) is 54.6 Å². The number of aromatic nitrogens is 2. The molecule has 0 aliphatic rings. The molecule has 2 atom stereocenters. The van der Waals surface area contributed by atoms with Gasteiger partial charge >= 0.3 is 0 Å².